The quantitative estimate of drug-likeness (QED) is 0.481. The van der Waals surface area contributed by atoms with E-state index in [1.54, 1.807) is 12.3 Å². The van der Waals surface area contributed by atoms with Crippen LogP contribution in [0.25, 0.3) is 11.0 Å². The maximum Gasteiger partial charge on any atom is 0.137 e. The van der Waals surface area contributed by atoms with Crippen LogP contribution in [0.1, 0.15) is 16.7 Å². The van der Waals surface area contributed by atoms with Crippen LogP contribution in [0.5, 0.6) is 0 Å². The van der Waals surface area contributed by atoms with Crippen LogP contribution in [0.2, 0.25) is 10.0 Å². The van der Waals surface area contributed by atoms with E-state index in [-0.39, 0.29) is 0 Å². The number of aromatic nitrogens is 3. The number of benzene rings is 1. The van der Waals surface area contributed by atoms with Gasteiger partial charge >= 0.3 is 0 Å². The molecule has 0 saturated carbocycles. The molecule has 0 atom stereocenters. The first-order valence-corrected chi connectivity index (χ1v) is 8.99. The molecular formula is C20H16Cl2N4. The highest BCUT2D eigenvalue weighted by Crippen LogP contribution is 2.26. The average molecular weight is 383 g/mol. The Balaban J connectivity index is 1.44. The van der Waals surface area contributed by atoms with Gasteiger partial charge in [0.25, 0.3) is 0 Å². The summed E-state index contributed by atoms with van der Waals surface area (Å²) in [6.45, 7) is 0.569. The molecule has 4 aromatic rings. The van der Waals surface area contributed by atoms with E-state index in [0.717, 1.165) is 34.4 Å². The Hall–Kier alpha value is -2.56. The molecule has 6 heteroatoms. The van der Waals surface area contributed by atoms with Crippen molar-refractivity contribution in [1.82, 2.24) is 15.0 Å². The van der Waals surface area contributed by atoms with Crippen molar-refractivity contribution in [1.29, 1.82) is 0 Å². The first-order valence-electron chi connectivity index (χ1n) is 8.23. The van der Waals surface area contributed by atoms with Crippen molar-refractivity contribution >= 4 is 40.1 Å². The third kappa shape index (κ3) is 3.52. The summed E-state index contributed by atoms with van der Waals surface area (Å²) in [4.78, 5) is 12.0. The van der Waals surface area contributed by atoms with E-state index in [0.29, 0.717) is 16.6 Å². The van der Waals surface area contributed by atoms with Gasteiger partial charge in [0, 0.05) is 36.9 Å². The second-order valence-electron chi connectivity index (χ2n) is 6.01. The molecule has 0 radical (unpaired) electrons. The van der Waals surface area contributed by atoms with E-state index in [1.807, 2.05) is 36.7 Å². The van der Waals surface area contributed by atoms with Gasteiger partial charge in [-0.3, -0.25) is 0 Å². The third-order valence-electron chi connectivity index (χ3n) is 4.25. The van der Waals surface area contributed by atoms with E-state index < -0.39 is 0 Å². The lowest BCUT2D eigenvalue weighted by molar-refractivity contribution is 1.09. The SMILES string of the molecule is Clc1cccc(CNc2ccc(Cc3c[nH]c4ncccc34)cn2)c1Cl. The third-order valence-corrected chi connectivity index (χ3v) is 5.11. The molecule has 0 amide bonds. The fourth-order valence-corrected chi connectivity index (χ4v) is 3.27. The summed E-state index contributed by atoms with van der Waals surface area (Å²) >= 11 is 12.3. The molecule has 0 fully saturated rings. The van der Waals surface area contributed by atoms with Crippen molar-refractivity contribution in [3.05, 3.63) is 87.8 Å². The van der Waals surface area contributed by atoms with Crippen LogP contribution < -0.4 is 5.32 Å². The van der Waals surface area contributed by atoms with E-state index >= 15 is 0 Å². The zero-order valence-corrected chi connectivity index (χ0v) is 15.3. The van der Waals surface area contributed by atoms with Crippen molar-refractivity contribution in [3.8, 4) is 0 Å². The molecule has 130 valence electrons. The molecule has 0 spiro atoms. The number of aromatic amines is 1. The number of fused-ring (bicyclic) bond motifs is 1. The van der Waals surface area contributed by atoms with Crippen LogP contribution >= 0.6 is 23.2 Å². The maximum absolute atomic E-state index is 6.21. The zero-order chi connectivity index (χ0) is 17.9. The van der Waals surface area contributed by atoms with Crippen molar-refractivity contribution in [2.45, 2.75) is 13.0 Å². The predicted octanol–water partition coefficient (Wildman–Crippen LogP) is 5.47. The highest BCUT2D eigenvalue weighted by atomic mass is 35.5. The Morgan fingerprint density at radius 2 is 1.88 bits per heavy atom. The molecule has 0 aliphatic heterocycles. The van der Waals surface area contributed by atoms with E-state index in [4.69, 9.17) is 23.2 Å². The number of halogens is 2. The Labute approximate surface area is 161 Å². The number of anilines is 1. The molecule has 4 rings (SSSR count). The predicted molar refractivity (Wildman–Crippen MR) is 107 cm³/mol. The lowest BCUT2D eigenvalue weighted by Crippen LogP contribution is -2.02. The molecule has 0 aliphatic rings. The Bertz CT molecular complexity index is 1040. The lowest BCUT2D eigenvalue weighted by Gasteiger charge is -2.09. The second-order valence-corrected chi connectivity index (χ2v) is 6.79. The number of hydrogen-bond donors (Lipinski definition) is 2. The molecule has 3 heterocycles. The first kappa shape index (κ1) is 16.9. The van der Waals surface area contributed by atoms with Gasteiger partial charge in [0.1, 0.15) is 11.5 Å². The van der Waals surface area contributed by atoms with Gasteiger partial charge in [0.15, 0.2) is 0 Å². The van der Waals surface area contributed by atoms with Gasteiger partial charge in [0.05, 0.1) is 10.0 Å². The van der Waals surface area contributed by atoms with Crippen LogP contribution in [0.4, 0.5) is 5.82 Å². The van der Waals surface area contributed by atoms with Gasteiger partial charge in [0.2, 0.25) is 0 Å². The minimum Gasteiger partial charge on any atom is -0.366 e. The second kappa shape index (κ2) is 7.36. The molecule has 1 aromatic carbocycles. The van der Waals surface area contributed by atoms with Gasteiger partial charge in [-0.2, -0.15) is 0 Å². The fourth-order valence-electron chi connectivity index (χ4n) is 2.88. The zero-order valence-electron chi connectivity index (χ0n) is 13.8. The normalized spacial score (nSPS) is 11.0. The van der Waals surface area contributed by atoms with E-state index in [1.165, 1.54) is 5.56 Å². The van der Waals surface area contributed by atoms with Crippen LogP contribution in [-0.2, 0) is 13.0 Å². The van der Waals surface area contributed by atoms with Crippen LogP contribution in [-0.4, -0.2) is 15.0 Å². The van der Waals surface area contributed by atoms with Crippen LogP contribution in [0, 0.1) is 0 Å². The summed E-state index contributed by atoms with van der Waals surface area (Å²) in [5, 5.41) is 5.55. The molecule has 26 heavy (non-hydrogen) atoms. The molecular weight excluding hydrogens is 367 g/mol. The fraction of sp³-hybridized carbons (Fsp3) is 0.100. The standard InChI is InChI=1S/C20H16Cl2N4/c21-17-5-1-3-14(19(17)22)11-25-18-7-6-13(10-24-18)9-15-12-26-20-16(15)4-2-8-23-20/h1-8,10,12H,9,11H2,(H,23,26)(H,24,25). The number of nitrogens with zero attached hydrogens (tertiary/aromatic N) is 2. The minimum absolute atomic E-state index is 0.558. The monoisotopic (exact) mass is 382 g/mol. The Kier molecular flexibility index (Phi) is 4.78. The van der Waals surface area contributed by atoms with Gasteiger partial charge in [-0.25, -0.2) is 9.97 Å². The smallest absolute Gasteiger partial charge is 0.137 e. The largest absolute Gasteiger partial charge is 0.366 e. The minimum atomic E-state index is 0.558. The highest BCUT2D eigenvalue weighted by Gasteiger charge is 2.07. The summed E-state index contributed by atoms with van der Waals surface area (Å²) < 4.78 is 0. The number of H-pyrrole nitrogens is 1. The van der Waals surface area contributed by atoms with Gasteiger partial charge in [-0.05, 0) is 41.0 Å². The van der Waals surface area contributed by atoms with Crippen molar-refractivity contribution in [3.63, 3.8) is 0 Å². The summed E-state index contributed by atoms with van der Waals surface area (Å²) in [7, 11) is 0. The molecule has 0 aliphatic carbocycles. The number of hydrogen-bond acceptors (Lipinski definition) is 3. The number of nitrogens with one attached hydrogen (secondary N) is 2. The van der Waals surface area contributed by atoms with Crippen molar-refractivity contribution < 1.29 is 0 Å². The lowest BCUT2D eigenvalue weighted by atomic mass is 10.1. The van der Waals surface area contributed by atoms with E-state index in [2.05, 4.69) is 32.4 Å². The highest BCUT2D eigenvalue weighted by molar-refractivity contribution is 6.42. The molecule has 2 N–H and O–H groups in total. The molecule has 0 saturated heterocycles. The van der Waals surface area contributed by atoms with Crippen LogP contribution in [0.15, 0.2) is 61.1 Å². The molecule has 0 bridgehead atoms. The molecule has 3 aromatic heterocycles. The first-order chi connectivity index (χ1) is 12.7. The summed E-state index contributed by atoms with van der Waals surface area (Å²) in [5.74, 6) is 0.797. The van der Waals surface area contributed by atoms with Crippen LogP contribution in [0.3, 0.4) is 0 Å². The summed E-state index contributed by atoms with van der Waals surface area (Å²) in [6, 6.07) is 13.7. The van der Waals surface area contributed by atoms with E-state index in [9.17, 15) is 0 Å². The molecule has 0 unspecified atom stereocenters. The Morgan fingerprint density at radius 3 is 2.73 bits per heavy atom. The van der Waals surface area contributed by atoms with Gasteiger partial charge < -0.3 is 10.3 Å². The molecule has 4 nitrogen and oxygen atoms in total. The van der Waals surface area contributed by atoms with Crippen molar-refractivity contribution in [2.24, 2.45) is 0 Å². The summed E-state index contributed by atoms with van der Waals surface area (Å²) in [5.41, 5.74) is 4.20. The van der Waals surface area contributed by atoms with Gasteiger partial charge in [-0.15, -0.1) is 0 Å². The topological polar surface area (TPSA) is 53.6 Å². The van der Waals surface area contributed by atoms with Crippen molar-refractivity contribution in [2.75, 3.05) is 5.32 Å². The average Bonchev–Trinajstić information content (AvgIpc) is 3.07. The number of rotatable bonds is 5. The number of pyridine rings is 2. The summed E-state index contributed by atoms with van der Waals surface area (Å²) in [6.07, 6.45) is 6.48. The van der Waals surface area contributed by atoms with Gasteiger partial charge in [-0.1, -0.05) is 41.4 Å². The Morgan fingerprint density at radius 1 is 0.962 bits per heavy atom. The maximum atomic E-state index is 6.21.